The highest BCUT2D eigenvalue weighted by atomic mass is 16.5. The summed E-state index contributed by atoms with van der Waals surface area (Å²) in [7, 11) is 1.77. The molecular formula is C26H27NO. The minimum Gasteiger partial charge on any atom is -0.374 e. The normalized spacial score (nSPS) is 12.2. The average Bonchev–Trinajstić information content (AvgIpc) is 2.71. The van der Waals surface area contributed by atoms with Gasteiger partial charge >= 0.3 is 0 Å². The minimum absolute atomic E-state index is 0.416. The van der Waals surface area contributed by atoms with Crippen LogP contribution in [0.1, 0.15) is 44.7 Å². The minimum atomic E-state index is -0.416. The van der Waals surface area contributed by atoms with Gasteiger partial charge in [-0.2, -0.15) is 0 Å². The van der Waals surface area contributed by atoms with E-state index >= 15 is 0 Å². The lowest BCUT2D eigenvalue weighted by Gasteiger charge is -2.27. The summed E-state index contributed by atoms with van der Waals surface area (Å²) in [5.41, 5.74) is 4.23. The molecule has 28 heavy (non-hydrogen) atoms. The fourth-order valence-electron chi connectivity index (χ4n) is 3.81. The molecule has 0 radical (unpaired) electrons. The van der Waals surface area contributed by atoms with Crippen LogP contribution in [0.4, 0.5) is 0 Å². The topological polar surface area (TPSA) is 22.1 Å². The first-order valence-electron chi connectivity index (χ1n) is 9.88. The van der Waals surface area contributed by atoms with Crippen LogP contribution in [-0.4, -0.2) is 12.1 Å². The molecule has 2 heteroatoms. The fourth-order valence-corrected chi connectivity index (χ4v) is 3.81. The van der Waals surface area contributed by atoms with E-state index in [1.807, 2.05) is 6.20 Å². The lowest BCUT2D eigenvalue weighted by molar-refractivity contribution is 0.0198. The Morgan fingerprint density at radius 3 is 2.25 bits per heavy atom. The van der Waals surface area contributed by atoms with Crippen LogP contribution in [0.5, 0.6) is 0 Å². The number of pyridine rings is 1. The molecule has 0 unspecified atom stereocenters. The summed E-state index contributed by atoms with van der Waals surface area (Å²) < 4.78 is 5.87. The van der Waals surface area contributed by atoms with Gasteiger partial charge in [0.25, 0.3) is 0 Å². The average molecular weight is 370 g/mol. The summed E-state index contributed by atoms with van der Waals surface area (Å²) in [4.78, 5) is 4.81. The maximum atomic E-state index is 5.87. The standard InChI is InChI=1S/C26H27NO/c1-17(2)18-10-11-22-21(14-18)12-13-27-25(22)23-15-19-8-6-7-9-20(19)16-24(23)26(3,4)28-5/h6-17H,1-5H3. The summed E-state index contributed by atoms with van der Waals surface area (Å²) in [5.74, 6) is 0.504. The number of nitrogens with zero attached hydrogens (tertiary/aromatic N) is 1. The van der Waals surface area contributed by atoms with E-state index in [1.165, 1.54) is 27.1 Å². The molecule has 0 fully saturated rings. The molecule has 0 atom stereocenters. The molecular weight excluding hydrogens is 342 g/mol. The summed E-state index contributed by atoms with van der Waals surface area (Å²) in [6.45, 7) is 8.68. The number of aromatic nitrogens is 1. The summed E-state index contributed by atoms with van der Waals surface area (Å²) in [5, 5.41) is 4.83. The Morgan fingerprint density at radius 2 is 1.57 bits per heavy atom. The van der Waals surface area contributed by atoms with Crippen LogP contribution in [0.25, 0.3) is 32.8 Å². The predicted molar refractivity (Wildman–Crippen MR) is 119 cm³/mol. The number of benzene rings is 3. The zero-order valence-corrected chi connectivity index (χ0v) is 17.3. The molecule has 0 bridgehead atoms. The van der Waals surface area contributed by atoms with E-state index in [0.29, 0.717) is 5.92 Å². The quantitative estimate of drug-likeness (QED) is 0.384. The first-order valence-corrected chi connectivity index (χ1v) is 9.88. The molecule has 0 amide bonds. The highest BCUT2D eigenvalue weighted by molar-refractivity contribution is 5.98. The molecule has 0 aliphatic rings. The van der Waals surface area contributed by atoms with E-state index in [0.717, 1.165) is 16.8 Å². The molecule has 0 saturated heterocycles. The van der Waals surface area contributed by atoms with Crippen molar-refractivity contribution in [1.29, 1.82) is 0 Å². The van der Waals surface area contributed by atoms with E-state index in [9.17, 15) is 0 Å². The Labute approximate surface area is 167 Å². The van der Waals surface area contributed by atoms with Gasteiger partial charge in [0, 0.05) is 24.3 Å². The van der Waals surface area contributed by atoms with Crippen molar-refractivity contribution in [3.05, 3.63) is 78.0 Å². The lowest BCUT2D eigenvalue weighted by Crippen LogP contribution is -2.20. The van der Waals surface area contributed by atoms with Gasteiger partial charge in [-0.15, -0.1) is 0 Å². The smallest absolute Gasteiger partial charge is 0.0878 e. The first kappa shape index (κ1) is 18.6. The van der Waals surface area contributed by atoms with E-state index in [4.69, 9.17) is 9.72 Å². The largest absolute Gasteiger partial charge is 0.374 e. The molecule has 1 heterocycles. The van der Waals surface area contributed by atoms with Crippen molar-refractivity contribution >= 4 is 21.5 Å². The molecule has 0 aliphatic carbocycles. The maximum Gasteiger partial charge on any atom is 0.0878 e. The molecule has 0 N–H and O–H groups in total. The number of fused-ring (bicyclic) bond motifs is 2. The monoisotopic (exact) mass is 369 g/mol. The van der Waals surface area contributed by atoms with Gasteiger partial charge in [0.1, 0.15) is 0 Å². The number of ether oxygens (including phenoxy) is 1. The predicted octanol–water partition coefficient (Wildman–Crippen LogP) is 7.06. The lowest BCUT2D eigenvalue weighted by atomic mass is 9.87. The van der Waals surface area contributed by atoms with Crippen LogP contribution in [0.2, 0.25) is 0 Å². The van der Waals surface area contributed by atoms with Gasteiger partial charge < -0.3 is 4.74 Å². The summed E-state index contributed by atoms with van der Waals surface area (Å²) in [6, 6.07) is 21.8. The highest BCUT2D eigenvalue weighted by Crippen LogP contribution is 2.39. The molecule has 3 aromatic carbocycles. The van der Waals surface area contributed by atoms with Gasteiger partial charge in [0.2, 0.25) is 0 Å². The molecule has 4 rings (SSSR count). The Balaban J connectivity index is 2.04. The van der Waals surface area contributed by atoms with Gasteiger partial charge in [-0.1, -0.05) is 56.3 Å². The number of rotatable bonds is 4. The van der Waals surface area contributed by atoms with Crippen LogP contribution in [0.3, 0.4) is 0 Å². The van der Waals surface area contributed by atoms with Gasteiger partial charge in [-0.25, -0.2) is 0 Å². The second-order valence-electron chi connectivity index (χ2n) is 8.25. The Hall–Kier alpha value is -2.71. The zero-order valence-electron chi connectivity index (χ0n) is 17.3. The van der Waals surface area contributed by atoms with E-state index < -0.39 is 5.60 Å². The van der Waals surface area contributed by atoms with Gasteiger partial charge in [0.05, 0.1) is 11.3 Å². The Bertz CT molecular complexity index is 1160. The van der Waals surface area contributed by atoms with Crippen molar-refractivity contribution in [3.8, 4) is 11.3 Å². The Morgan fingerprint density at radius 1 is 0.857 bits per heavy atom. The van der Waals surface area contributed by atoms with Gasteiger partial charge in [0.15, 0.2) is 0 Å². The second-order valence-corrected chi connectivity index (χ2v) is 8.25. The third kappa shape index (κ3) is 3.18. The van der Waals surface area contributed by atoms with Gasteiger partial charge in [-0.05, 0) is 65.3 Å². The van der Waals surface area contributed by atoms with E-state index in [1.54, 1.807) is 7.11 Å². The summed E-state index contributed by atoms with van der Waals surface area (Å²) in [6.07, 6.45) is 1.92. The second kappa shape index (κ2) is 7.03. The van der Waals surface area contributed by atoms with Crippen LogP contribution in [-0.2, 0) is 10.3 Å². The van der Waals surface area contributed by atoms with Crippen molar-refractivity contribution in [2.24, 2.45) is 0 Å². The van der Waals surface area contributed by atoms with Crippen molar-refractivity contribution < 1.29 is 4.74 Å². The number of hydrogen-bond donors (Lipinski definition) is 0. The van der Waals surface area contributed by atoms with E-state index in [2.05, 4.69) is 88.4 Å². The van der Waals surface area contributed by atoms with Crippen LogP contribution >= 0.6 is 0 Å². The molecule has 4 aromatic rings. The van der Waals surface area contributed by atoms with Crippen LogP contribution in [0.15, 0.2) is 66.9 Å². The van der Waals surface area contributed by atoms with Crippen LogP contribution in [0, 0.1) is 0 Å². The van der Waals surface area contributed by atoms with Crippen molar-refractivity contribution in [1.82, 2.24) is 4.98 Å². The fraction of sp³-hybridized carbons (Fsp3) is 0.269. The van der Waals surface area contributed by atoms with Crippen LogP contribution < -0.4 is 0 Å². The number of hydrogen-bond acceptors (Lipinski definition) is 2. The van der Waals surface area contributed by atoms with Crippen molar-refractivity contribution in [2.45, 2.75) is 39.2 Å². The summed E-state index contributed by atoms with van der Waals surface area (Å²) >= 11 is 0. The maximum absolute atomic E-state index is 5.87. The molecule has 0 saturated carbocycles. The SMILES string of the molecule is COC(C)(C)c1cc2ccccc2cc1-c1nccc2cc(C(C)C)ccc12. The van der Waals surface area contributed by atoms with Gasteiger partial charge in [-0.3, -0.25) is 4.98 Å². The third-order valence-corrected chi connectivity index (χ3v) is 5.76. The Kier molecular flexibility index (Phi) is 4.68. The first-order chi connectivity index (χ1) is 13.4. The molecule has 0 aliphatic heterocycles. The van der Waals surface area contributed by atoms with E-state index in [-0.39, 0.29) is 0 Å². The molecule has 142 valence electrons. The molecule has 2 nitrogen and oxygen atoms in total. The zero-order chi connectivity index (χ0) is 19.9. The molecule has 0 spiro atoms. The van der Waals surface area contributed by atoms with Crippen molar-refractivity contribution in [2.75, 3.05) is 7.11 Å². The molecule has 1 aromatic heterocycles. The third-order valence-electron chi connectivity index (χ3n) is 5.76. The highest BCUT2D eigenvalue weighted by Gasteiger charge is 2.25. The van der Waals surface area contributed by atoms with Crippen molar-refractivity contribution in [3.63, 3.8) is 0 Å². The number of methoxy groups -OCH3 is 1.